The summed E-state index contributed by atoms with van der Waals surface area (Å²) in [6.45, 7) is 0.145. The normalized spacial score (nSPS) is 23.3. The Labute approximate surface area is 219 Å². The molecule has 2 aromatic rings. The van der Waals surface area contributed by atoms with Crippen LogP contribution in [-0.2, 0) is 14.8 Å². The molecule has 36 heavy (non-hydrogen) atoms. The zero-order valence-electron chi connectivity index (χ0n) is 19.4. The van der Waals surface area contributed by atoms with Gasteiger partial charge in [0.1, 0.15) is 5.82 Å². The molecule has 0 bridgehead atoms. The molecule has 12 heteroatoms. The highest BCUT2D eigenvalue weighted by Crippen LogP contribution is 2.29. The first-order chi connectivity index (χ1) is 17.1. The minimum atomic E-state index is -4.25. The van der Waals surface area contributed by atoms with Crippen LogP contribution in [0.3, 0.4) is 0 Å². The molecule has 0 aromatic heterocycles. The van der Waals surface area contributed by atoms with Gasteiger partial charge >= 0.3 is 0 Å². The molecule has 2 aliphatic rings. The number of nitrogens with two attached hydrogens (primary N) is 1. The average Bonchev–Trinajstić information content (AvgIpc) is 2.85. The second-order valence-electron chi connectivity index (χ2n) is 9.04. The topological polar surface area (TPSA) is 113 Å². The lowest BCUT2D eigenvalue weighted by Gasteiger charge is -2.42. The molecule has 0 radical (unpaired) electrons. The molecule has 1 saturated carbocycles. The van der Waals surface area contributed by atoms with Crippen LogP contribution in [0, 0.1) is 5.82 Å². The molecule has 0 spiro atoms. The van der Waals surface area contributed by atoms with Gasteiger partial charge < -0.3 is 16.0 Å². The Morgan fingerprint density at radius 2 is 1.67 bits per heavy atom. The van der Waals surface area contributed by atoms with Gasteiger partial charge in [0.2, 0.25) is 10.0 Å². The molecule has 194 valence electrons. The van der Waals surface area contributed by atoms with E-state index in [9.17, 15) is 22.4 Å². The Morgan fingerprint density at radius 3 is 2.31 bits per heavy atom. The Morgan fingerprint density at radius 1 is 1.00 bits per heavy atom. The number of sulfonamides is 1. The first kappa shape index (κ1) is 26.8. The lowest BCUT2D eigenvalue weighted by molar-refractivity contribution is -0.132. The Balaban J connectivity index is 1.70. The predicted molar refractivity (Wildman–Crippen MR) is 135 cm³/mol. The van der Waals surface area contributed by atoms with Crippen molar-refractivity contribution in [2.45, 2.75) is 55.2 Å². The van der Waals surface area contributed by atoms with Gasteiger partial charge in [0, 0.05) is 30.2 Å². The molecule has 4 rings (SSSR count). The minimum absolute atomic E-state index is 0.00542. The summed E-state index contributed by atoms with van der Waals surface area (Å²) >= 11 is 12.2. The second kappa shape index (κ2) is 11.0. The van der Waals surface area contributed by atoms with Gasteiger partial charge in [-0.3, -0.25) is 9.59 Å². The highest BCUT2D eigenvalue weighted by atomic mass is 35.5. The molecule has 2 fully saturated rings. The fourth-order valence-electron chi connectivity index (χ4n) is 4.63. The SMILES string of the molecule is NC1CCC(NC(=O)C2N(C(=O)c3ccc(Cl)cc3Cl)CCCN2S(=O)(=O)c2ccc(F)cc2)CC1. The van der Waals surface area contributed by atoms with Crippen molar-refractivity contribution in [2.24, 2.45) is 5.73 Å². The number of carbonyl (C=O) groups is 2. The zero-order chi connectivity index (χ0) is 26.0. The van der Waals surface area contributed by atoms with Gasteiger partial charge in [-0.25, -0.2) is 12.8 Å². The number of hydrogen-bond acceptors (Lipinski definition) is 5. The van der Waals surface area contributed by atoms with Gasteiger partial charge in [0.15, 0.2) is 6.17 Å². The maximum Gasteiger partial charge on any atom is 0.259 e. The van der Waals surface area contributed by atoms with Crippen molar-refractivity contribution in [1.29, 1.82) is 0 Å². The van der Waals surface area contributed by atoms with E-state index < -0.39 is 33.8 Å². The number of benzene rings is 2. The lowest BCUT2D eigenvalue weighted by atomic mass is 9.92. The summed E-state index contributed by atoms with van der Waals surface area (Å²) in [6, 6.07) is 8.57. The summed E-state index contributed by atoms with van der Waals surface area (Å²) in [4.78, 5) is 28.2. The predicted octanol–water partition coefficient (Wildman–Crippen LogP) is 3.38. The van der Waals surface area contributed by atoms with Gasteiger partial charge in [-0.1, -0.05) is 23.2 Å². The molecular formula is C24H27Cl2FN4O4S. The smallest absolute Gasteiger partial charge is 0.259 e. The molecule has 2 aromatic carbocycles. The molecule has 1 atom stereocenters. The van der Waals surface area contributed by atoms with Crippen molar-refractivity contribution < 1.29 is 22.4 Å². The van der Waals surface area contributed by atoms with E-state index in [-0.39, 0.29) is 40.7 Å². The fraction of sp³-hybridized carbons (Fsp3) is 0.417. The van der Waals surface area contributed by atoms with Crippen LogP contribution in [0.4, 0.5) is 4.39 Å². The quantitative estimate of drug-likeness (QED) is 0.586. The molecular weight excluding hydrogens is 530 g/mol. The van der Waals surface area contributed by atoms with Crippen molar-refractivity contribution in [3.63, 3.8) is 0 Å². The third kappa shape index (κ3) is 5.68. The van der Waals surface area contributed by atoms with Gasteiger partial charge in [0.05, 0.1) is 15.5 Å². The zero-order valence-corrected chi connectivity index (χ0v) is 21.7. The van der Waals surface area contributed by atoms with Crippen molar-refractivity contribution >= 4 is 45.0 Å². The molecule has 1 aliphatic carbocycles. The minimum Gasteiger partial charge on any atom is -0.350 e. The van der Waals surface area contributed by atoms with Crippen LogP contribution in [0.15, 0.2) is 47.4 Å². The third-order valence-corrected chi connectivity index (χ3v) is 8.96. The van der Waals surface area contributed by atoms with E-state index in [1.54, 1.807) is 0 Å². The monoisotopic (exact) mass is 556 g/mol. The Hall–Kier alpha value is -2.24. The van der Waals surface area contributed by atoms with E-state index in [0.29, 0.717) is 24.3 Å². The highest BCUT2D eigenvalue weighted by Gasteiger charge is 2.45. The molecule has 2 amide bonds. The van der Waals surface area contributed by atoms with E-state index in [0.717, 1.165) is 41.4 Å². The summed E-state index contributed by atoms with van der Waals surface area (Å²) in [5.74, 6) is -1.80. The largest absolute Gasteiger partial charge is 0.350 e. The Kier molecular flexibility index (Phi) is 8.21. The second-order valence-corrected chi connectivity index (χ2v) is 11.8. The summed E-state index contributed by atoms with van der Waals surface area (Å²) in [5.41, 5.74) is 6.07. The number of nitrogens with zero attached hydrogens (tertiary/aromatic N) is 2. The van der Waals surface area contributed by atoms with Gasteiger partial charge in [-0.15, -0.1) is 0 Å². The number of carbonyl (C=O) groups excluding carboxylic acids is 2. The summed E-state index contributed by atoms with van der Waals surface area (Å²) in [7, 11) is -4.25. The number of hydrogen-bond donors (Lipinski definition) is 2. The molecule has 8 nitrogen and oxygen atoms in total. The number of halogens is 3. The Bertz CT molecular complexity index is 1240. The number of rotatable bonds is 5. The van der Waals surface area contributed by atoms with Crippen molar-refractivity contribution in [3.05, 3.63) is 63.9 Å². The molecule has 1 saturated heterocycles. The van der Waals surface area contributed by atoms with Crippen LogP contribution in [0.2, 0.25) is 10.0 Å². The highest BCUT2D eigenvalue weighted by molar-refractivity contribution is 7.89. The molecule has 1 heterocycles. The van der Waals surface area contributed by atoms with Crippen molar-refractivity contribution in [2.75, 3.05) is 13.1 Å². The first-order valence-corrected chi connectivity index (χ1v) is 13.9. The first-order valence-electron chi connectivity index (χ1n) is 11.7. The molecule has 1 aliphatic heterocycles. The fourth-order valence-corrected chi connectivity index (χ4v) is 6.71. The van der Waals surface area contributed by atoms with Crippen molar-refractivity contribution in [3.8, 4) is 0 Å². The average molecular weight is 557 g/mol. The van der Waals surface area contributed by atoms with Crippen LogP contribution in [0.1, 0.15) is 42.5 Å². The number of nitrogens with one attached hydrogen (secondary N) is 1. The van der Waals surface area contributed by atoms with Gasteiger partial charge in [-0.2, -0.15) is 4.31 Å². The van der Waals surface area contributed by atoms with Gasteiger partial charge in [0.25, 0.3) is 11.8 Å². The van der Waals surface area contributed by atoms with E-state index in [1.807, 2.05) is 0 Å². The van der Waals surface area contributed by atoms with Crippen LogP contribution in [0.5, 0.6) is 0 Å². The molecule has 3 N–H and O–H groups in total. The maximum absolute atomic E-state index is 13.6. The van der Waals surface area contributed by atoms with E-state index in [2.05, 4.69) is 5.32 Å². The summed E-state index contributed by atoms with van der Waals surface area (Å²) in [5, 5.41) is 3.35. The van der Waals surface area contributed by atoms with Crippen LogP contribution >= 0.6 is 23.2 Å². The van der Waals surface area contributed by atoms with E-state index >= 15 is 0 Å². The molecule has 1 unspecified atom stereocenters. The van der Waals surface area contributed by atoms with E-state index in [1.165, 1.54) is 23.1 Å². The van der Waals surface area contributed by atoms with Crippen LogP contribution in [0.25, 0.3) is 0 Å². The van der Waals surface area contributed by atoms with E-state index in [4.69, 9.17) is 28.9 Å². The van der Waals surface area contributed by atoms with Crippen molar-refractivity contribution in [1.82, 2.24) is 14.5 Å². The standard InChI is InChI=1S/C24H27Cl2FN4O4S/c25-15-2-11-20(21(26)14-15)24(33)30-12-1-13-31(36(34,35)19-9-3-16(27)4-10-19)23(30)22(32)29-18-7-5-17(28)6-8-18/h2-4,9-11,14,17-18,23H,1,5-8,12-13,28H2,(H,29,32). The summed E-state index contributed by atoms with van der Waals surface area (Å²) in [6.07, 6.45) is 1.61. The summed E-state index contributed by atoms with van der Waals surface area (Å²) < 4.78 is 41.7. The van der Waals surface area contributed by atoms with Crippen LogP contribution in [-0.4, -0.2) is 60.8 Å². The maximum atomic E-state index is 13.6. The lowest BCUT2D eigenvalue weighted by Crippen LogP contribution is -2.64. The number of amides is 2. The third-order valence-electron chi connectivity index (χ3n) is 6.54. The van der Waals surface area contributed by atoms with Gasteiger partial charge in [-0.05, 0) is 74.6 Å². The van der Waals surface area contributed by atoms with Crippen LogP contribution < -0.4 is 11.1 Å².